The molecule has 0 saturated heterocycles. The Morgan fingerprint density at radius 1 is 1.27 bits per heavy atom. The van der Waals surface area contributed by atoms with Crippen LogP contribution in [0.4, 0.5) is 9.52 Å². The van der Waals surface area contributed by atoms with Crippen LogP contribution in [0.25, 0.3) is 11.3 Å². The Labute approximate surface area is 155 Å². The monoisotopic (exact) mass is 370 g/mol. The average molecular weight is 370 g/mol. The lowest BCUT2D eigenvalue weighted by molar-refractivity contribution is -0.116. The third-order valence-corrected chi connectivity index (χ3v) is 4.72. The highest BCUT2D eigenvalue weighted by atomic mass is 32.1. The van der Waals surface area contributed by atoms with Gasteiger partial charge in [0.1, 0.15) is 11.6 Å². The van der Waals surface area contributed by atoms with Crippen molar-refractivity contribution in [2.45, 2.75) is 19.8 Å². The maximum atomic E-state index is 13.6. The first kappa shape index (κ1) is 18.1. The molecule has 134 valence electrons. The number of carbonyl (C=O) groups excluding carboxylic acids is 1. The minimum Gasteiger partial charge on any atom is -0.496 e. The molecule has 1 heterocycles. The summed E-state index contributed by atoms with van der Waals surface area (Å²) in [5, 5.41) is 5.17. The molecule has 1 amide bonds. The van der Waals surface area contributed by atoms with Crippen LogP contribution in [-0.4, -0.2) is 18.0 Å². The number of aryl methyl sites for hydroxylation is 2. The maximum Gasteiger partial charge on any atom is 0.226 e. The molecule has 0 radical (unpaired) electrons. The van der Waals surface area contributed by atoms with Gasteiger partial charge in [0.2, 0.25) is 5.91 Å². The van der Waals surface area contributed by atoms with Crippen LogP contribution >= 0.6 is 11.3 Å². The molecule has 4 nitrogen and oxygen atoms in total. The van der Waals surface area contributed by atoms with Gasteiger partial charge in [-0.3, -0.25) is 4.79 Å². The van der Waals surface area contributed by atoms with E-state index in [-0.39, 0.29) is 18.1 Å². The fourth-order valence-electron chi connectivity index (χ4n) is 2.61. The van der Waals surface area contributed by atoms with Crippen LogP contribution in [0.3, 0.4) is 0 Å². The fraction of sp³-hybridized carbons (Fsp3) is 0.200. The first-order chi connectivity index (χ1) is 12.6. The molecule has 0 fully saturated rings. The summed E-state index contributed by atoms with van der Waals surface area (Å²) in [5.41, 5.74) is 3.27. The summed E-state index contributed by atoms with van der Waals surface area (Å²) in [7, 11) is 1.62. The largest absolute Gasteiger partial charge is 0.496 e. The van der Waals surface area contributed by atoms with Crippen molar-refractivity contribution in [3.05, 3.63) is 64.8 Å². The smallest absolute Gasteiger partial charge is 0.226 e. The van der Waals surface area contributed by atoms with E-state index in [1.807, 2.05) is 30.5 Å². The second-order valence-corrected chi connectivity index (χ2v) is 6.74. The molecule has 3 aromatic rings. The van der Waals surface area contributed by atoms with Gasteiger partial charge in [0, 0.05) is 17.4 Å². The topological polar surface area (TPSA) is 51.2 Å². The van der Waals surface area contributed by atoms with Gasteiger partial charge in [-0.25, -0.2) is 9.37 Å². The number of nitrogens with one attached hydrogen (secondary N) is 1. The summed E-state index contributed by atoms with van der Waals surface area (Å²) < 4.78 is 19.0. The van der Waals surface area contributed by atoms with Crippen LogP contribution in [0.1, 0.15) is 17.5 Å². The minimum atomic E-state index is -0.289. The lowest BCUT2D eigenvalue weighted by Gasteiger charge is -2.07. The molecular formula is C20H19FN2O2S. The zero-order valence-corrected chi connectivity index (χ0v) is 15.4. The Hall–Kier alpha value is -2.73. The predicted octanol–water partition coefficient (Wildman–Crippen LogP) is 4.84. The Morgan fingerprint density at radius 2 is 2.08 bits per heavy atom. The zero-order valence-electron chi connectivity index (χ0n) is 14.6. The third kappa shape index (κ3) is 4.26. The number of hydrogen-bond acceptors (Lipinski definition) is 4. The number of methoxy groups -OCH3 is 1. The number of nitrogens with zero attached hydrogens (tertiary/aromatic N) is 1. The van der Waals surface area contributed by atoms with Gasteiger partial charge in [0.15, 0.2) is 5.13 Å². The number of anilines is 1. The van der Waals surface area contributed by atoms with Gasteiger partial charge >= 0.3 is 0 Å². The summed E-state index contributed by atoms with van der Waals surface area (Å²) >= 11 is 1.35. The molecular weight excluding hydrogens is 351 g/mol. The van der Waals surface area contributed by atoms with Gasteiger partial charge < -0.3 is 10.1 Å². The van der Waals surface area contributed by atoms with E-state index in [9.17, 15) is 9.18 Å². The molecule has 0 spiro atoms. The van der Waals surface area contributed by atoms with Crippen molar-refractivity contribution in [3.8, 4) is 17.0 Å². The van der Waals surface area contributed by atoms with Crippen molar-refractivity contribution in [2.24, 2.45) is 0 Å². The number of amides is 1. The van der Waals surface area contributed by atoms with Crippen LogP contribution in [0.15, 0.2) is 47.8 Å². The van der Waals surface area contributed by atoms with Crippen molar-refractivity contribution in [1.82, 2.24) is 4.98 Å². The van der Waals surface area contributed by atoms with Crippen molar-refractivity contribution in [3.63, 3.8) is 0 Å². The summed E-state index contributed by atoms with van der Waals surface area (Å²) in [6, 6.07) is 12.4. The van der Waals surface area contributed by atoms with Crippen LogP contribution in [0.2, 0.25) is 0 Å². The molecule has 1 N–H and O–H groups in total. The van der Waals surface area contributed by atoms with E-state index in [0.717, 1.165) is 22.6 Å². The van der Waals surface area contributed by atoms with E-state index >= 15 is 0 Å². The predicted molar refractivity (Wildman–Crippen MR) is 102 cm³/mol. The van der Waals surface area contributed by atoms with Gasteiger partial charge in [-0.2, -0.15) is 0 Å². The van der Waals surface area contributed by atoms with Gasteiger partial charge in [-0.15, -0.1) is 11.3 Å². The fourth-order valence-corrected chi connectivity index (χ4v) is 3.33. The average Bonchev–Trinajstić information content (AvgIpc) is 3.09. The van der Waals surface area contributed by atoms with Crippen molar-refractivity contribution in [2.75, 3.05) is 12.4 Å². The molecule has 0 aliphatic rings. The highest BCUT2D eigenvalue weighted by Crippen LogP contribution is 2.33. The first-order valence-corrected chi connectivity index (χ1v) is 9.08. The first-order valence-electron chi connectivity index (χ1n) is 8.20. The number of thiazole rings is 1. The SMILES string of the molecule is COc1ccc(C)cc1-c1csc(NC(=O)CCc2ccccc2F)n1. The van der Waals surface area contributed by atoms with E-state index in [1.54, 1.807) is 25.3 Å². The molecule has 0 unspecified atom stereocenters. The Balaban J connectivity index is 1.66. The lowest BCUT2D eigenvalue weighted by atomic mass is 10.1. The lowest BCUT2D eigenvalue weighted by Crippen LogP contribution is -2.12. The summed E-state index contributed by atoms with van der Waals surface area (Å²) in [6.45, 7) is 2.00. The Morgan fingerprint density at radius 3 is 2.85 bits per heavy atom. The second-order valence-electron chi connectivity index (χ2n) is 5.88. The van der Waals surface area contributed by atoms with Crippen LogP contribution in [-0.2, 0) is 11.2 Å². The number of carbonyl (C=O) groups is 1. The number of ether oxygens (including phenoxy) is 1. The highest BCUT2D eigenvalue weighted by molar-refractivity contribution is 7.14. The van der Waals surface area contributed by atoms with Gasteiger partial charge in [0.25, 0.3) is 0 Å². The second kappa shape index (κ2) is 8.10. The highest BCUT2D eigenvalue weighted by Gasteiger charge is 2.12. The van der Waals surface area contributed by atoms with E-state index in [2.05, 4.69) is 10.3 Å². The number of aromatic nitrogens is 1. The van der Waals surface area contributed by atoms with Crippen LogP contribution in [0.5, 0.6) is 5.75 Å². The van der Waals surface area contributed by atoms with Crippen LogP contribution < -0.4 is 10.1 Å². The quantitative estimate of drug-likeness (QED) is 0.676. The number of benzene rings is 2. The summed E-state index contributed by atoms with van der Waals surface area (Å²) in [5.74, 6) is 0.257. The molecule has 6 heteroatoms. The third-order valence-electron chi connectivity index (χ3n) is 3.96. The van der Waals surface area contributed by atoms with Crippen molar-refractivity contribution >= 4 is 22.4 Å². The van der Waals surface area contributed by atoms with Gasteiger partial charge in [-0.05, 0) is 37.1 Å². The molecule has 1 aromatic heterocycles. The normalized spacial score (nSPS) is 10.6. The molecule has 0 aliphatic heterocycles. The molecule has 2 aromatic carbocycles. The van der Waals surface area contributed by atoms with E-state index < -0.39 is 0 Å². The Kier molecular flexibility index (Phi) is 5.63. The Bertz CT molecular complexity index is 924. The van der Waals surface area contributed by atoms with Crippen molar-refractivity contribution < 1.29 is 13.9 Å². The summed E-state index contributed by atoms with van der Waals surface area (Å²) in [6.07, 6.45) is 0.548. The molecule has 0 saturated carbocycles. The maximum absolute atomic E-state index is 13.6. The number of halogens is 1. The van der Waals surface area contributed by atoms with E-state index in [4.69, 9.17) is 4.74 Å². The van der Waals surface area contributed by atoms with E-state index in [0.29, 0.717) is 17.1 Å². The molecule has 0 atom stereocenters. The number of hydrogen-bond donors (Lipinski definition) is 1. The molecule has 0 aliphatic carbocycles. The standard InChI is InChI=1S/C20H19FN2O2S/c1-13-7-9-18(25-2)15(11-13)17-12-26-20(22-17)23-19(24)10-8-14-5-3-4-6-16(14)21/h3-7,9,11-12H,8,10H2,1-2H3,(H,22,23,24). The zero-order chi connectivity index (χ0) is 18.5. The molecule has 0 bridgehead atoms. The van der Waals surface area contributed by atoms with Crippen LogP contribution in [0, 0.1) is 12.7 Å². The number of rotatable bonds is 6. The van der Waals surface area contributed by atoms with Crippen molar-refractivity contribution in [1.29, 1.82) is 0 Å². The molecule has 26 heavy (non-hydrogen) atoms. The van der Waals surface area contributed by atoms with Gasteiger partial charge in [0.05, 0.1) is 12.8 Å². The van der Waals surface area contributed by atoms with E-state index in [1.165, 1.54) is 17.4 Å². The summed E-state index contributed by atoms with van der Waals surface area (Å²) in [4.78, 5) is 16.6. The molecule has 3 rings (SSSR count). The van der Waals surface area contributed by atoms with Gasteiger partial charge in [-0.1, -0.05) is 29.8 Å². The minimum absolute atomic E-state index is 0.189.